The van der Waals surface area contributed by atoms with Crippen LogP contribution in [0.25, 0.3) is 33.4 Å². The molecule has 44 heavy (non-hydrogen) atoms. The molecule has 0 aromatic heterocycles. The average molecular weight is 658 g/mol. The molecule has 4 nitrogen and oxygen atoms in total. The maximum atomic E-state index is 15.1. The molecule has 0 aliphatic heterocycles. The summed E-state index contributed by atoms with van der Waals surface area (Å²) < 4.78 is 33.9. The number of rotatable bonds is 9. The lowest BCUT2D eigenvalue weighted by atomic mass is 10.1. The highest BCUT2D eigenvalue weighted by Crippen LogP contribution is 2.57. The molecular formula is C36H24Cl3O4P. The predicted octanol–water partition coefficient (Wildman–Crippen LogP) is 12.3. The van der Waals surface area contributed by atoms with Gasteiger partial charge in [0, 0.05) is 16.7 Å². The zero-order valence-corrected chi connectivity index (χ0v) is 26.2. The highest BCUT2D eigenvalue weighted by Gasteiger charge is 2.38. The summed E-state index contributed by atoms with van der Waals surface area (Å²) in [6.07, 6.45) is 0. The highest BCUT2D eigenvalue weighted by molar-refractivity contribution is 7.49. The molecule has 218 valence electrons. The molecule has 6 rings (SSSR count). The van der Waals surface area contributed by atoms with Crippen molar-refractivity contribution in [3.05, 3.63) is 161 Å². The number of phosphoric ester groups is 1. The molecule has 0 spiro atoms. The minimum absolute atomic E-state index is 0.116. The van der Waals surface area contributed by atoms with Gasteiger partial charge in [-0.3, -0.25) is 0 Å². The molecule has 0 bridgehead atoms. The van der Waals surface area contributed by atoms with E-state index in [-0.39, 0.29) is 32.3 Å². The maximum absolute atomic E-state index is 15.1. The summed E-state index contributed by atoms with van der Waals surface area (Å²) in [6.45, 7) is 0. The van der Waals surface area contributed by atoms with Crippen molar-refractivity contribution in [3.63, 3.8) is 0 Å². The van der Waals surface area contributed by atoms with E-state index in [1.165, 1.54) is 0 Å². The fourth-order valence-corrected chi connectivity index (χ4v) is 6.90. The van der Waals surface area contributed by atoms with Gasteiger partial charge in [0.25, 0.3) is 0 Å². The minimum atomic E-state index is -4.66. The van der Waals surface area contributed by atoms with Crippen molar-refractivity contribution in [2.75, 3.05) is 0 Å². The lowest BCUT2D eigenvalue weighted by molar-refractivity contribution is 0.300. The SMILES string of the molecule is O=P(Oc1c(Cl)cccc1-c1ccccc1)(Oc1c(Cl)cccc1-c1ccccc1)Oc1c(Cl)cccc1-c1ccccc1. The molecule has 0 saturated carbocycles. The Bertz CT molecular complexity index is 1730. The van der Waals surface area contributed by atoms with Crippen LogP contribution >= 0.6 is 42.6 Å². The van der Waals surface area contributed by atoms with Gasteiger partial charge in [-0.25, -0.2) is 0 Å². The quantitative estimate of drug-likeness (QED) is 0.145. The van der Waals surface area contributed by atoms with Gasteiger partial charge in [0.15, 0.2) is 17.2 Å². The van der Waals surface area contributed by atoms with Gasteiger partial charge in [0.2, 0.25) is 0 Å². The standard InChI is InChI=1S/C36H24Cl3O4P/c37-31-22-10-19-28(25-13-4-1-5-14-25)34(31)41-44(40,42-35-29(20-11-23-32(35)38)26-15-6-2-7-16-26)43-36-30(21-12-24-33(36)39)27-17-8-3-9-18-27/h1-24H. The topological polar surface area (TPSA) is 44.8 Å². The molecule has 0 N–H and O–H groups in total. The Hall–Kier alpha value is -4.18. The highest BCUT2D eigenvalue weighted by atomic mass is 35.5. The van der Waals surface area contributed by atoms with E-state index in [4.69, 9.17) is 48.4 Å². The Morgan fingerprint density at radius 2 is 0.636 bits per heavy atom. The van der Waals surface area contributed by atoms with Crippen molar-refractivity contribution in [3.8, 4) is 50.6 Å². The van der Waals surface area contributed by atoms with Crippen LogP contribution < -0.4 is 13.6 Å². The van der Waals surface area contributed by atoms with Crippen LogP contribution in [0.4, 0.5) is 0 Å². The Balaban J connectivity index is 1.52. The molecule has 0 radical (unpaired) electrons. The maximum Gasteiger partial charge on any atom is 0.647 e. The van der Waals surface area contributed by atoms with Gasteiger partial charge in [-0.1, -0.05) is 162 Å². The second kappa shape index (κ2) is 13.2. The first-order chi connectivity index (χ1) is 21.4. The fourth-order valence-electron chi connectivity index (χ4n) is 4.73. The van der Waals surface area contributed by atoms with Crippen molar-refractivity contribution < 1.29 is 18.1 Å². The second-order valence-corrected chi connectivity index (χ2v) is 12.3. The molecule has 0 amide bonds. The summed E-state index contributed by atoms with van der Waals surface area (Å²) >= 11 is 20.1. The summed E-state index contributed by atoms with van der Waals surface area (Å²) in [5.41, 5.74) is 4.16. The van der Waals surface area contributed by atoms with E-state index in [2.05, 4.69) is 0 Å². The van der Waals surface area contributed by atoms with Gasteiger partial charge < -0.3 is 13.6 Å². The lowest BCUT2D eigenvalue weighted by Crippen LogP contribution is -2.10. The summed E-state index contributed by atoms with van der Waals surface area (Å²) in [5, 5.41) is 0.635. The van der Waals surface area contributed by atoms with Crippen molar-refractivity contribution in [2.45, 2.75) is 0 Å². The Labute approximate surface area is 271 Å². The number of hydrogen-bond acceptors (Lipinski definition) is 4. The monoisotopic (exact) mass is 656 g/mol. The summed E-state index contributed by atoms with van der Waals surface area (Å²) in [4.78, 5) is 0. The average Bonchev–Trinajstić information content (AvgIpc) is 3.05. The van der Waals surface area contributed by atoms with Crippen LogP contribution in [0.1, 0.15) is 0 Å². The normalized spacial score (nSPS) is 11.2. The number of phosphoric acid groups is 1. The molecule has 0 aliphatic carbocycles. The van der Waals surface area contributed by atoms with Gasteiger partial charge in [-0.05, 0) is 34.9 Å². The van der Waals surface area contributed by atoms with Crippen LogP contribution in [0, 0.1) is 0 Å². The van der Waals surface area contributed by atoms with Gasteiger partial charge >= 0.3 is 7.82 Å². The largest absolute Gasteiger partial charge is 0.647 e. The van der Waals surface area contributed by atoms with E-state index >= 15 is 4.57 Å². The van der Waals surface area contributed by atoms with Crippen LogP contribution in [0.15, 0.2) is 146 Å². The van der Waals surface area contributed by atoms with Gasteiger partial charge in [-0.2, -0.15) is 4.57 Å². The molecule has 6 aromatic carbocycles. The number of halogens is 3. The van der Waals surface area contributed by atoms with Gasteiger partial charge in [0.05, 0.1) is 15.1 Å². The molecule has 0 fully saturated rings. The predicted molar refractivity (Wildman–Crippen MR) is 180 cm³/mol. The molecule has 0 aliphatic rings. The van der Waals surface area contributed by atoms with Crippen LogP contribution in [-0.2, 0) is 4.57 Å². The summed E-state index contributed by atoms with van der Waals surface area (Å²) in [6, 6.07) is 44.1. The molecule has 0 atom stereocenters. The number of para-hydroxylation sites is 3. The molecule has 0 unspecified atom stereocenters. The van der Waals surface area contributed by atoms with Crippen molar-refractivity contribution >= 4 is 42.6 Å². The van der Waals surface area contributed by atoms with E-state index in [0.29, 0.717) is 16.7 Å². The smallest absolute Gasteiger partial charge is 0.384 e. The second-order valence-electron chi connectivity index (χ2n) is 9.67. The number of benzene rings is 6. The third-order valence-electron chi connectivity index (χ3n) is 6.76. The van der Waals surface area contributed by atoms with Crippen LogP contribution in [-0.4, -0.2) is 0 Å². The zero-order chi connectivity index (χ0) is 30.5. The molecule has 8 heteroatoms. The van der Waals surface area contributed by atoms with Crippen molar-refractivity contribution in [1.29, 1.82) is 0 Å². The fraction of sp³-hybridized carbons (Fsp3) is 0. The zero-order valence-electron chi connectivity index (χ0n) is 23.1. The first kappa shape index (κ1) is 29.9. The van der Waals surface area contributed by atoms with Gasteiger partial charge in [0.1, 0.15) is 0 Å². The van der Waals surface area contributed by atoms with Crippen LogP contribution in [0.2, 0.25) is 15.1 Å². The van der Waals surface area contributed by atoms with Crippen LogP contribution in [0.3, 0.4) is 0 Å². The van der Waals surface area contributed by atoms with E-state index in [1.54, 1.807) is 36.4 Å². The third-order valence-corrected chi connectivity index (χ3v) is 8.88. The molecule has 0 heterocycles. The summed E-state index contributed by atoms with van der Waals surface area (Å²) in [5.74, 6) is 0.348. The molecule has 6 aromatic rings. The minimum Gasteiger partial charge on any atom is -0.384 e. The third kappa shape index (κ3) is 6.50. The summed E-state index contributed by atoms with van der Waals surface area (Å²) in [7, 11) is -4.66. The van der Waals surface area contributed by atoms with Gasteiger partial charge in [-0.15, -0.1) is 0 Å². The molecule has 0 saturated heterocycles. The van der Waals surface area contributed by atoms with E-state index < -0.39 is 7.82 Å². The van der Waals surface area contributed by atoms with E-state index in [9.17, 15) is 0 Å². The first-order valence-corrected chi connectivity index (χ1v) is 16.2. The Morgan fingerprint density at radius 1 is 0.364 bits per heavy atom. The Kier molecular flexibility index (Phi) is 8.97. The van der Waals surface area contributed by atoms with Crippen molar-refractivity contribution in [2.24, 2.45) is 0 Å². The molecular weight excluding hydrogens is 634 g/mol. The lowest BCUT2D eigenvalue weighted by Gasteiger charge is -2.24. The van der Waals surface area contributed by atoms with Crippen LogP contribution in [0.5, 0.6) is 17.2 Å². The number of hydrogen-bond donors (Lipinski definition) is 0. The van der Waals surface area contributed by atoms with Crippen molar-refractivity contribution in [1.82, 2.24) is 0 Å². The van der Waals surface area contributed by atoms with E-state index in [0.717, 1.165) is 16.7 Å². The first-order valence-electron chi connectivity index (χ1n) is 13.6. The van der Waals surface area contributed by atoms with E-state index in [1.807, 2.05) is 109 Å². The Morgan fingerprint density at radius 3 is 0.909 bits per heavy atom.